The molecule has 36 heavy (non-hydrogen) atoms. The van der Waals surface area contributed by atoms with Crippen molar-refractivity contribution in [2.75, 3.05) is 26.3 Å². The normalized spacial score (nSPS) is 23.7. The second-order valence-electron chi connectivity index (χ2n) is 10.2. The van der Waals surface area contributed by atoms with Crippen LogP contribution in [0, 0.1) is 5.41 Å². The van der Waals surface area contributed by atoms with Crippen molar-refractivity contribution in [2.24, 2.45) is 5.41 Å². The third-order valence-corrected chi connectivity index (χ3v) is 8.00. The number of hydrogen-bond donors (Lipinski definition) is 1. The van der Waals surface area contributed by atoms with Gasteiger partial charge >= 0.3 is 0 Å². The van der Waals surface area contributed by atoms with Crippen LogP contribution < -0.4 is 5.32 Å². The molecule has 4 aliphatic rings. The van der Waals surface area contributed by atoms with E-state index in [2.05, 4.69) is 15.6 Å². The zero-order valence-corrected chi connectivity index (χ0v) is 19.9. The van der Waals surface area contributed by atoms with Crippen LogP contribution in [0.15, 0.2) is 24.4 Å². The zero-order valence-electron chi connectivity index (χ0n) is 19.9. The highest BCUT2D eigenvalue weighted by Gasteiger charge is 2.40. The Hall–Kier alpha value is -3.60. The molecule has 3 fully saturated rings. The monoisotopic (exact) mass is 492 g/mol. The predicted molar refractivity (Wildman–Crippen MR) is 125 cm³/mol. The fraction of sp³-hybridized carbons (Fsp3) is 0.520. The van der Waals surface area contributed by atoms with Crippen molar-refractivity contribution in [3.8, 4) is 5.69 Å². The molecule has 1 unspecified atom stereocenters. The van der Waals surface area contributed by atoms with Gasteiger partial charge in [0.25, 0.3) is 11.8 Å². The third-order valence-electron chi connectivity index (χ3n) is 8.00. The number of nitrogens with one attached hydrogen (secondary N) is 1. The van der Waals surface area contributed by atoms with Crippen molar-refractivity contribution >= 4 is 23.6 Å². The molecule has 1 aromatic carbocycles. The molecule has 2 aromatic rings. The molecule has 0 radical (unpaired) electrons. The van der Waals surface area contributed by atoms with Gasteiger partial charge in [-0.3, -0.25) is 24.5 Å². The first-order valence-corrected chi connectivity index (χ1v) is 12.5. The van der Waals surface area contributed by atoms with Crippen molar-refractivity contribution < 1.29 is 23.9 Å². The number of carbonyl (C=O) groups excluding carboxylic acids is 4. The van der Waals surface area contributed by atoms with Crippen LogP contribution in [-0.2, 0) is 20.9 Å². The van der Waals surface area contributed by atoms with Gasteiger partial charge in [0.05, 0.1) is 18.5 Å². The van der Waals surface area contributed by atoms with Crippen molar-refractivity contribution in [2.45, 2.75) is 51.1 Å². The van der Waals surface area contributed by atoms with E-state index >= 15 is 0 Å². The Labute approximate surface area is 207 Å². The standard InChI is InChI=1S/C25H28N6O5/c32-21-5-4-20(22(33)26-21)30-13-16-12-17(2-3-18(16)23(30)34)31-14-19(27-28-31)24(35)29-9-7-25(8-10-29)6-1-11-36-15-25/h2-3,12,14,20H,1,4-11,13,15H2,(H,26,32,33). The van der Waals surface area contributed by atoms with Gasteiger partial charge in [-0.2, -0.15) is 0 Å². The lowest BCUT2D eigenvalue weighted by Crippen LogP contribution is -2.52. The highest BCUT2D eigenvalue weighted by Crippen LogP contribution is 2.39. The molecule has 0 saturated carbocycles. The van der Waals surface area contributed by atoms with E-state index < -0.39 is 11.9 Å². The molecule has 0 aliphatic carbocycles. The Morgan fingerprint density at radius 2 is 1.97 bits per heavy atom. The molecule has 11 nitrogen and oxygen atoms in total. The van der Waals surface area contributed by atoms with Gasteiger partial charge in [-0.15, -0.1) is 5.10 Å². The third kappa shape index (κ3) is 3.97. The topological polar surface area (TPSA) is 127 Å². The summed E-state index contributed by atoms with van der Waals surface area (Å²) in [6, 6.07) is 4.63. The maximum Gasteiger partial charge on any atom is 0.276 e. The number of imide groups is 1. The highest BCUT2D eigenvalue weighted by molar-refractivity contribution is 6.05. The largest absolute Gasteiger partial charge is 0.381 e. The summed E-state index contributed by atoms with van der Waals surface area (Å²) < 4.78 is 7.23. The number of piperidine rings is 2. The summed E-state index contributed by atoms with van der Waals surface area (Å²) in [5, 5.41) is 10.6. The number of rotatable bonds is 3. The second kappa shape index (κ2) is 8.81. The molecule has 5 heterocycles. The minimum Gasteiger partial charge on any atom is -0.381 e. The lowest BCUT2D eigenvalue weighted by Gasteiger charge is -2.43. The summed E-state index contributed by atoms with van der Waals surface area (Å²) >= 11 is 0. The van der Waals surface area contributed by atoms with E-state index in [0.717, 1.165) is 44.5 Å². The molecule has 4 aliphatic heterocycles. The highest BCUT2D eigenvalue weighted by atomic mass is 16.5. The molecular formula is C25H28N6O5. The van der Waals surface area contributed by atoms with Crippen LogP contribution >= 0.6 is 0 Å². The number of likely N-dealkylation sites (tertiary alicyclic amines) is 1. The van der Waals surface area contributed by atoms with Crippen LogP contribution in [0.3, 0.4) is 0 Å². The summed E-state index contributed by atoms with van der Waals surface area (Å²) in [5.74, 6) is -1.11. The Kier molecular flexibility index (Phi) is 5.59. The van der Waals surface area contributed by atoms with Gasteiger partial charge in [0.15, 0.2) is 5.69 Å². The van der Waals surface area contributed by atoms with Gasteiger partial charge < -0.3 is 14.5 Å². The van der Waals surface area contributed by atoms with Gasteiger partial charge in [0.1, 0.15) is 6.04 Å². The van der Waals surface area contributed by atoms with E-state index in [1.165, 1.54) is 9.58 Å². The summed E-state index contributed by atoms with van der Waals surface area (Å²) in [7, 11) is 0. The van der Waals surface area contributed by atoms with E-state index in [1.54, 1.807) is 18.3 Å². The van der Waals surface area contributed by atoms with Crippen molar-refractivity contribution in [1.29, 1.82) is 0 Å². The summed E-state index contributed by atoms with van der Waals surface area (Å²) in [5.41, 5.74) is 2.45. The fourth-order valence-corrected chi connectivity index (χ4v) is 5.84. The van der Waals surface area contributed by atoms with Crippen molar-refractivity contribution in [3.05, 3.63) is 41.2 Å². The molecule has 188 valence electrons. The molecule has 3 saturated heterocycles. The molecule has 1 N–H and O–H groups in total. The summed E-state index contributed by atoms with van der Waals surface area (Å²) in [4.78, 5) is 53.1. The summed E-state index contributed by atoms with van der Waals surface area (Å²) in [6.45, 7) is 3.26. The average molecular weight is 493 g/mol. The molecule has 1 spiro atoms. The van der Waals surface area contributed by atoms with Crippen molar-refractivity contribution in [3.63, 3.8) is 0 Å². The number of hydrogen-bond acceptors (Lipinski definition) is 7. The molecular weight excluding hydrogens is 464 g/mol. The molecule has 1 atom stereocenters. The van der Waals surface area contributed by atoms with Gasteiger partial charge in [-0.1, -0.05) is 5.21 Å². The van der Waals surface area contributed by atoms with E-state index in [4.69, 9.17) is 4.74 Å². The number of carbonyl (C=O) groups is 4. The van der Waals surface area contributed by atoms with E-state index in [0.29, 0.717) is 30.8 Å². The number of fused-ring (bicyclic) bond motifs is 1. The first-order chi connectivity index (χ1) is 17.4. The first-order valence-electron chi connectivity index (χ1n) is 12.5. The van der Waals surface area contributed by atoms with Gasteiger partial charge in [0, 0.05) is 38.2 Å². The number of nitrogens with zero attached hydrogens (tertiary/aromatic N) is 5. The Balaban J connectivity index is 1.14. The fourth-order valence-electron chi connectivity index (χ4n) is 5.84. The number of ether oxygens (including phenoxy) is 1. The zero-order chi connectivity index (χ0) is 24.9. The molecule has 0 bridgehead atoms. The number of aromatic nitrogens is 3. The maximum atomic E-state index is 13.1. The second-order valence-corrected chi connectivity index (χ2v) is 10.2. The Morgan fingerprint density at radius 3 is 2.72 bits per heavy atom. The Bertz CT molecular complexity index is 1240. The van der Waals surface area contributed by atoms with E-state index in [9.17, 15) is 19.2 Å². The number of amides is 4. The average Bonchev–Trinajstić information content (AvgIpc) is 3.50. The summed E-state index contributed by atoms with van der Waals surface area (Å²) in [6.07, 6.45) is 6.27. The van der Waals surface area contributed by atoms with Crippen LogP contribution in [0.2, 0.25) is 0 Å². The van der Waals surface area contributed by atoms with Gasteiger partial charge in [-0.25, -0.2) is 4.68 Å². The van der Waals surface area contributed by atoms with Crippen molar-refractivity contribution in [1.82, 2.24) is 30.1 Å². The van der Waals surface area contributed by atoms with Crippen LogP contribution in [-0.4, -0.2) is 80.8 Å². The number of benzene rings is 1. The first kappa shape index (κ1) is 22.8. The van der Waals surface area contributed by atoms with Crippen LogP contribution in [0.1, 0.15) is 64.9 Å². The molecule has 4 amide bonds. The molecule has 6 rings (SSSR count). The molecule has 11 heteroatoms. The predicted octanol–water partition coefficient (Wildman–Crippen LogP) is 1.06. The Morgan fingerprint density at radius 1 is 1.14 bits per heavy atom. The lowest BCUT2D eigenvalue weighted by atomic mass is 9.74. The SMILES string of the molecule is O=C1CCC(N2Cc3cc(-n4cc(C(=O)N5CCC6(CCCOC6)CC5)nn4)ccc3C2=O)C(=O)N1. The van der Waals surface area contributed by atoms with Crippen LogP contribution in [0.5, 0.6) is 0 Å². The van der Waals surface area contributed by atoms with Gasteiger partial charge in [-0.05, 0) is 61.3 Å². The van der Waals surface area contributed by atoms with Gasteiger partial charge in [0.2, 0.25) is 11.8 Å². The van der Waals surface area contributed by atoms with E-state index in [-0.39, 0.29) is 41.8 Å². The van der Waals surface area contributed by atoms with Crippen LogP contribution in [0.25, 0.3) is 5.69 Å². The lowest BCUT2D eigenvalue weighted by molar-refractivity contribution is -0.136. The van der Waals surface area contributed by atoms with Crippen LogP contribution in [0.4, 0.5) is 0 Å². The minimum atomic E-state index is -0.662. The maximum absolute atomic E-state index is 13.1. The molecule has 1 aromatic heterocycles. The minimum absolute atomic E-state index is 0.131. The quantitative estimate of drug-likeness (QED) is 0.635. The smallest absolute Gasteiger partial charge is 0.276 e. The van der Waals surface area contributed by atoms with E-state index in [1.807, 2.05) is 11.0 Å².